The van der Waals surface area contributed by atoms with Gasteiger partial charge < -0.3 is 10.6 Å². The molecule has 0 bridgehead atoms. The van der Waals surface area contributed by atoms with Gasteiger partial charge in [-0.1, -0.05) is 43.2 Å². The molecule has 0 amide bonds. The fourth-order valence-corrected chi connectivity index (χ4v) is 2.65. The van der Waals surface area contributed by atoms with Crippen LogP contribution >= 0.6 is 0 Å². The van der Waals surface area contributed by atoms with E-state index in [9.17, 15) is 0 Å². The van der Waals surface area contributed by atoms with Crippen LogP contribution < -0.4 is 10.6 Å². The molecule has 1 aromatic rings. The van der Waals surface area contributed by atoms with Crippen LogP contribution in [0, 0.1) is 0 Å². The number of benzene rings is 1. The maximum atomic E-state index is 3.66. The smallest absolute Gasteiger partial charge is 0.0205 e. The topological polar surface area (TPSA) is 24.1 Å². The van der Waals surface area contributed by atoms with E-state index in [2.05, 4.69) is 41.0 Å². The molecule has 0 aromatic heterocycles. The summed E-state index contributed by atoms with van der Waals surface area (Å²) >= 11 is 0. The minimum Gasteiger partial charge on any atom is -0.314 e. The molecule has 1 aliphatic heterocycles. The van der Waals surface area contributed by atoms with Crippen LogP contribution in [0.1, 0.15) is 44.1 Å². The first kappa shape index (κ1) is 13.6. The molecule has 1 atom stereocenters. The average Bonchev–Trinajstić information content (AvgIpc) is 2.68. The lowest BCUT2D eigenvalue weighted by Gasteiger charge is -2.15. The Balaban J connectivity index is 1.53. The van der Waals surface area contributed by atoms with Crippen LogP contribution in [-0.4, -0.2) is 19.1 Å². The van der Waals surface area contributed by atoms with Crippen molar-refractivity contribution in [1.82, 2.24) is 10.6 Å². The predicted molar refractivity (Wildman–Crippen MR) is 77.6 cm³/mol. The number of hydrogen-bond acceptors (Lipinski definition) is 2. The lowest BCUT2D eigenvalue weighted by atomic mass is 10.1. The second-order valence-corrected chi connectivity index (χ2v) is 5.30. The van der Waals surface area contributed by atoms with Gasteiger partial charge in [0.15, 0.2) is 0 Å². The van der Waals surface area contributed by atoms with E-state index in [4.69, 9.17) is 0 Å². The maximum absolute atomic E-state index is 3.66. The minimum atomic E-state index is 0.769. The zero-order chi connectivity index (χ0) is 12.5. The normalized spacial score (nSPS) is 20.6. The first-order valence-electron chi connectivity index (χ1n) is 7.43. The van der Waals surface area contributed by atoms with Gasteiger partial charge >= 0.3 is 0 Å². The lowest BCUT2D eigenvalue weighted by Crippen LogP contribution is -2.29. The molecule has 1 saturated heterocycles. The highest BCUT2D eigenvalue weighted by Crippen LogP contribution is 2.12. The second-order valence-electron chi connectivity index (χ2n) is 5.30. The SMILES string of the molecule is c1ccc(CNCCC[C@@H]2CCCCCN2)cc1. The molecular weight excluding hydrogens is 220 g/mol. The Morgan fingerprint density at radius 3 is 2.89 bits per heavy atom. The second kappa shape index (κ2) is 8.28. The first-order valence-corrected chi connectivity index (χ1v) is 7.43. The van der Waals surface area contributed by atoms with Crippen molar-refractivity contribution in [2.45, 2.75) is 51.1 Å². The maximum Gasteiger partial charge on any atom is 0.0205 e. The van der Waals surface area contributed by atoms with E-state index < -0.39 is 0 Å². The third kappa shape index (κ3) is 5.19. The van der Waals surface area contributed by atoms with E-state index in [0.29, 0.717) is 0 Å². The molecule has 0 spiro atoms. The van der Waals surface area contributed by atoms with Gasteiger partial charge in [0, 0.05) is 12.6 Å². The van der Waals surface area contributed by atoms with Crippen molar-refractivity contribution in [3.8, 4) is 0 Å². The minimum absolute atomic E-state index is 0.769. The molecule has 0 saturated carbocycles. The first-order chi connectivity index (χ1) is 8.95. The third-order valence-corrected chi connectivity index (χ3v) is 3.74. The summed E-state index contributed by atoms with van der Waals surface area (Å²) in [4.78, 5) is 0. The van der Waals surface area contributed by atoms with Gasteiger partial charge in [-0.2, -0.15) is 0 Å². The summed E-state index contributed by atoms with van der Waals surface area (Å²) in [5, 5.41) is 7.19. The molecule has 1 aromatic carbocycles. The highest BCUT2D eigenvalue weighted by atomic mass is 14.9. The van der Waals surface area contributed by atoms with Gasteiger partial charge in [0.2, 0.25) is 0 Å². The summed E-state index contributed by atoms with van der Waals surface area (Å²) in [6.07, 6.45) is 8.17. The van der Waals surface area contributed by atoms with Gasteiger partial charge in [-0.05, 0) is 44.3 Å². The van der Waals surface area contributed by atoms with Crippen LogP contribution in [0.15, 0.2) is 30.3 Å². The Labute approximate surface area is 111 Å². The third-order valence-electron chi connectivity index (χ3n) is 3.74. The fourth-order valence-electron chi connectivity index (χ4n) is 2.65. The van der Waals surface area contributed by atoms with E-state index in [-0.39, 0.29) is 0 Å². The summed E-state index contributed by atoms with van der Waals surface area (Å²) in [5.41, 5.74) is 1.38. The quantitative estimate of drug-likeness (QED) is 0.754. The number of nitrogens with one attached hydrogen (secondary N) is 2. The van der Waals surface area contributed by atoms with E-state index in [1.165, 1.54) is 50.6 Å². The molecule has 0 unspecified atom stereocenters. The zero-order valence-corrected chi connectivity index (χ0v) is 11.3. The Hall–Kier alpha value is -0.860. The van der Waals surface area contributed by atoms with Gasteiger partial charge in [0.05, 0.1) is 0 Å². The lowest BCUT2D eigenvalue weighted by molar-refractivity contribution is 0.455. The predicted octanol–water partition coefficient (Wildman–Crippen LogP) is 3.09. The summed E-state index contributed by atoms with van der Waals surface area (Å²) in [5.74, 6) is 0. The standard InChI is InChI=1S/C16H26N2/c1-3-8-15(9-4-1)14-17-12-7-11-16-10-5-2-6-13-18-16/h1,3-4,8-9,16-18H,2,5-7,10-14H2/t16-/m0/s1. The van der Waals surface area contributed by atoms with E-state index in [1.54, 1.807) is 0 Å². The Morgan fingerprint density at radius 2 is 2.00 bits per heavy atom. The Morgan fingerprint density at radius 1 is 1.11 bits per heavy atom. The highest BCUT2D eigenvalue weighted by molar-refractivity contribution is 5.14. The molecule has 2 nitrogen and oxygen atoms in total. The largest absolute Gasteiger partial charge is 0.314 e. The van der Waals surface area contributed by atoms with Gasteiger partial charge in [0.25, 0.3) is 0 Å². The molecular formula is C16H26N2. The highest BCUT2D eigenvalue weighted by Gasteiger charge is 2.10. The summed E-state index contributed by atoms with van der Waals surface area (Å²) in [6.45, 7) is 3.36. The fraction of sp³-hybridized carbons (Fsp3) is 0.625. The molecule has 1 fully saturated rings. The van der Waals surface area contributed by atoms with Crippen LogP contribution in [0.4, 0.5) is 0 Å². The number of rotatable bonds is 6. The van der Waals surface area contributed by atoms with Crippen molar-refractivity contribution < 1.29 is 0 Å². The van der Waals surface area contributed by atoms with E-state index >= 15 is 0 Å². The van der Waals surface area contributed by atoms with E-state index in [0.717, 1.165) is 19.1 Å². The summed E-state index contributed by atoms with van der Waals surface area (Å²) in [6, 6.07) is 11.4. The Bertz CT molecular complexity index is 302. The Kier molecular flexibility index (Phi) is 6.24. The summed E-state index contributed by atoms with van der Waals surface area (Å²) < 4.78 is 0. The molecule has 0 radical (unpaired) electrons. The molecule has 0 aliphatic carbocycles. The molecule has 18 heavy (non-hydrogen) atoms. The van der Waals surface area contributed by atoms with Gasteiger partial charge in [-0.3, -0.25) is 0 Å². The van der Waals surface area contributed by atoms with Crippen molar-refractivity contribution in [2.24, 2.45) is 0 Å². The zero-order valence-electron chi connectivity index (χ0n) is 11.3. The van der Waals surface area contributed by atoms with Crippen molar-refractivity contribution in [3.05, 3.63) is 35.9 Å². The van der Waals surface area contributed by atoms with Crippen LogP contribution in [0.5, 0.6) is 0 Å². The van der Waals surface area contributed by atoms with E-state index in [1.807, 2.05) is 0 Å². The summed E-state index contributed by atoms with van der Waals surface area (Å²) in [7, 11) is 0. The monoisotopic (exact) mass is 246 g/mol. The van der Waals surface area contributed by atoms with Crippen molar-refractivity contribution >= 4 is 0 Å². The molecule has 2 N–H and O–H groups in total. The molecule has 2 rings (SSSR count). The van der Waals surface area contributed by atoms with Crippen LogP contribution in [0.2, 0.25) is 0 Å². The van der Waals surface area contributed by atoms with Crippen molar-refractivity contribution in [2.75, 3.05) is 13.1 Å². The molecule has 1 heterocycles. The van der Waals surface area contributed by atoms with Gasteiger partial charge in [-0.25, -0.2) is 0 Å². The average molecular weight is 246 g/mol. The molecule has 100 valence electrons. The van der Waals surface area contributed by atoms with Gasteiger partial charge in [0.1, 0.15) is 0 Å². The van der Waals surface area contributed by atoms with Crippen LogP contribution in [0.3, 0.4) is 0 Å². The molecule has 1 aliphatic rings. The number of hydrogen-bond donors (Lipinski definition) is 2. The molecule has 2 heteroatoms. The van der Waals surface area contributed by atoms with Crippen LogP contribution in [0.25, 0.3) is 0 Å². The van der Waals surface area contributed by atoms with Crippen LogP contribution in [-0.2, 0) is 6.54 Å². The van der Waals surface area contributed by atoms with Crippen molar-refractivity contribution in [1.29, 1.82) is 0 Å². The van der Waals surface area contributed by atoms with Gasteiger partial charge in [-0.15, -0.1) is 0 Å². The van der Waals surface area contributed by atoms with Crippen molar-refractivity contribution in [3.63, 3.8) is 0 Å².